The number of carbonyl (C=O) groups is 2. The summed E-state index contributed by atoms with van der Waals surface area (Å²) in [5.41, 5.74) is 1.61. The molecule has 0 saturated heterocycles. The third-order valence-corrected chi connectivity index (χ3v) is 2.89. The molecule has 1 aromatic rings. The molecule has 0 aliphatic rings. The van der Waals surface area contributed by atoms with E-state index in [2.05, 4.69) is 5.32 Å². The molecule has 0 aliphatic carbocycles. The average molecular weight is 294 g/mol. The van der Waals surface area contributed by atoms with E-state index in [9.17, 15) is 9.59 Å². The van der Waals surface area contributed by atoms with Gasteiger partial charge in [-0.2, -0.15) is 0 Å². The number of hydrogen-bond donors (Lipinski definition) is 1. The van der Waals surface area contributed by atoms with Crippen LogP contribution in [0.15, 0.2) is 24.3 Å². The number of nitrogens with one attached hydrogen (secondary N) is 1. The Balaban J connectivity index is 2.65. The van der Waals surface area contributed by atoms with Crippen molar-refractivity contribution in [1.29, 1.82) is 0 Å². The van der Waals surface area contributed by atoms with Crippen molar-refractivity contribution in [2.45, 2.75) is 6.92 Å². The Labute approximate surface area is 125 Å². The molecule has 6 heteroatoms. The zero-order valence-electron chi connectivity index (χ0n) is 12.7. The van der Waals surface area contributed by atoms with Crippen molar-refractivity contribution >= 4 is 17.5 Å². The lowest BCUT2D eigenvalue weighted by Crippen LogP contribution is -2.43. The zero-order valence-corrected chi connectivity index (χ0v) is 12.7. The molecule has 0 bridgehead atoms. The molecular formula is C15H22N2O4. The molecule has 0 spiro atoms. The Morgan fingerprint density at radius 3 is 2.29 bits per heavy atom. The van der Waals surface area contributed by atoms with Gasteiger partial charge in [0.2, 0.25) is 0 Å². The summed E-state index contributed by atoms with van der Waals surface area (Å²) in [4.78, 5) is 25.6. The first kappa shape index (κ1) is 17.1. The van der Waals surface area contributed by atoms with Crippen molar-refractivity contribution in [3.63, 3.8) is 0 Å². The number of hydrogen-bond acceptors (Lipinski definition) is 4. The molecule has 6 nitrogen and oxygen atoms in total. The van der Waals surface area contributed by atoms with Crippen LogP contribution >= 0.6 is 0 Å². The van der Waals surface area contributed by atoms with Crippen LogP contribution in [0.25, 0.3) is 0 Å². The van der Waals surface area contributed by atoms with Crippen molar-refractivity contribution in [2.24, 2.45) is 0 Å². The molecule has 1 N–H and O–H groups in total. The van der Waals surface area contributed by atoms with E-state index in [0.29, 0.717) is 32.0 Å². The van der Waals surface area contributed by atoms with Gasteiger partial charge in [0.05, 0.1) is 13.2 Å². The van der Waals surface area contributed by atoms with Gasteiger partial charge in [0.25, 0.3) is 0 Å². The zero-order chi connectivity index (χ0) is 15.7. The minimum Gasteiger partial charge on any atom is -0.383 e. The molecule has 0 saturated carbocycles. The highest BCUT2D eigenvalue weighted by atomic mass is 16.5. The smallest absolute Gasteiger partial charge is 0.313 e. The fourth-order valence-corrected chi connectivity index (χ4v) is 1.77. The second-order valence-electron chi connectivity index (χ2n) is 4.60. The fraction of sp³-hybridized carbons (Fsp3) is 0.467. The van der Waals surface area contributed by atoms with Crippen LogP contribution in [0.1, 0.15) is 5.56 Å². The molecule has 0 heterocycles. The molecule has 21 heavy (non-hydrogen) atoms. The first-order valence-electron chi connectivity index (χ1n) is 6.73. The summed E-state index contributed by atoms with van der Waals surface area (Å²) in [6.07, 6.45) is 0. The molecule has 0 aromatic heterocycles. The molecule has 0 unspecified atom stereocenters. The van der Waals surface area contributed by atoms with Crippen LogP contribution in [0, 0.1) is 6.92 Å². The van der Waals surface area contributed by atoms with E-state index in [1.807, 2.05) is 19.1 Å². The average Bonchev–Trinajstić information content (AvgIpc) is 2.47. The van der Waals surface area contributed by atoms with Crippen molar-refractivity contribution in [3.8, 4) is 0 Å². The van der Waals surface area contributed by atoms with Gasteiger partial charge in [-0.05, 0) is 24.6 Å². The second-order valence-corrected chi connectivity index (χ2v) is 4.60. The lowest BCUT2D eigenvalue weighted by Gasteiger charge is -2.21. The summed E-state index contributed by atoms with van der Waals surface area (Å²) in [5.74, 6) is -1.25. The molecule has 0 fully saturated rings. The highest BCUT2D eigenvalue weighted by Crippen LogP contribution is 2.09. The van der Waals surface area contributed by atoms with E-state index >= 15 is 0 Å². The van der Waals surface area contributed by atoms with E-state index in [4.69, 9.17) is 9.47 Å². The van der Waals surface area contributed by atoms with E-state index in [-0.39, 0.29) is 0 Å². The SMILES string of the molecule is COCCN(CCOC)C(=O)C(=O)Nc1cccc(C)c1. The Morgan fingerprint density at radius 1 is 1.14 bits per heavy atom. The van der Waals surface area contributed by atoms with Crippen molar-refractivity contribution in [1.82, 2.24) is 4.90 Å². The van der Waals surface area contributed by atoms with Gasteiger partial charge in [-0.15, -0.1) is 0 Å². The van der Waals surface area contributed by atoms with Gasteiger partial charge < -0.3 is 19.7 Å². The van der Waals surface area contributed by atoms with Gasteiger partial charge in [-0.3, -0.25) is 9.59 Å². The van der Waals surface area contributed by atoms with Gasteiger partial charge >= 0.3 is 11.8 Å². The molecule has 0 radical (unpaired) electrons. The maximum Gasteiger partial charge on any atom is 0.313 e. The Bertz CT molecular complexity index is 468. The maximum absolute atomic E-state index is 12.1. The minimum atomic E-state index is -0.659. The number of amides is 2. The predicted molar refractivity (Wildman–Crippen MR) is 80.1 cm³/mol. The Kier molecular flexibility index (Phi) is 7.42. The third kappa shape index (κ3) is 5.93. The normalized spacial score (nSPS) is 10.2. The fourth-order valence-electron chi connectivity index (χ4n) is 1.77. The van der Waals surface area contributed by atoms with Gasteiger partial charge in [0, 0.05) is 33.0 Å². The third-order valence-electron chi connectivity index (χ3n) is 2.89. The number of rotatable bonds is 7. The van der Waals surface area contributed by atoms with Crippen molar-refractivity contribution in [3.05, 3.63) is 29.8 Å². The topological polar surface area (TPSA) is 67.9 Å². The summed E-state index contributed by atoms with van der Waals surface area (Å²) in [6.45, 7) is 3.35. The van der Waals surface area contributed by atoms with Gasteiger partial charge in [0.15, 0.2) is 0 Å². The lowest BCUT2D eigenvalue weighted by atomic mass is 10.2. The van der Waals surface area contributed by atoms with Crippen LogP contribution in [-0.2, 0) is 19.1 Å². The summed E-state index contributed by atoms with van der Waals surface area (Å²) in [7, 11) is 3.09. The van der Waals surface area contributed by atoms with Crippen LogP contribution in [-0.4, -0.2) is 57.2 Å². The molecule has 1 rings (SSSR count). The van der Waals surface area contributed by atoms with Gasteiger partial charge in [-0.25, -0.2) is 0 Å². The van der Waals surface area contributed by atoms with E-state index in [1.54, 1.807) is 26.4 Å². The summed E-state index contributed by atoms with van der Waals surface area (Å²) >= 11 is 0. The predicted octanol–water partition coefficient (Wildman–Crippen LogP) is 1.05. The Hall–Kier alpha value is -1.92. The molecule has 0 aliphatic heterocycles. The van der Waals surface area contributed by atoms with Crippen LogP contribution in [0.4, 0.5) is 5.69 Å². The minimum absolute atomic E-state index is 0.347. The van der Waals surface area contributed by atoms with Gasteiger partial charge in [-0.1, -0.05) is 12.1 Å². The van der Waals surface area contributed by atoms with E-state index < -0.39 is 11.8 Å². The van der Waals surface area contributed by atoms with Crippen LogP contribution in [0.5, 0.6) is 0 Å². The summed E-state index contributed by atoms with van der Waals surface area (Å²) in [6, 6.07) is 7.29. The first-order chi connectivity index (χ1) is 10.1. The highest BCUT2D eigenvalue weighted by Gasteiger charge is 2.21. The number of ether oxygens (including phenoxy) is 2. The molecule has 0 atom stereocenters. The monoisotopic (exact) mass is 294 g/mol. The van der Waals surface area contributed by atoms with Gasteiger partial charge in [0.1, 0.15) is 0 Å². The van der Waals surface area contributed by atoms with Crippen molar-refractivity contribution in [2.75, 3.05) is 45.8 Å². The molecule has 116 valence electrons. The number of benzene rings is 1. The molecule has 1 aromatic carbocycles. The lowest BCUT2D eigenvalue weighted by molar-refractivity contribution is -0.144. The number of nitrogens with zero attached hydrogens (tertiary/aromatic N) is 1. The van der Waals surface area contributed by atoms with E-state index in [1.165, 1.54) is 4.90 Å². The Morgan fingerprint density at radius 2 is 1.76 bits per heavy atom. The quantitative estimate of drug-likeness (QED) is 0.763. The molecular weight excluding hydrogens is 272 g/mol. The number of carbonyl (C=O) groups excluding carboxylic acids is 2. The largest absolute Gasteiger partial charge is 0.383 e. The maximum atomic E-state index is 12.1. The summed E-state index contributed by atoms with van der Waals surface area (Å²) < 4.78 is 9.90. The molecule has 2 amide bonds. The van der Waals surface area contributed by atoms with Crippen LogP contribution < -0.4 is 5.32 Å². The van der Waals surface area contributed by atoms with Crippen molar-refractivity contribution < 1.29 is 19.1 Å². The summed E-state index contributed by atoms with van der Waals surface area (Å²) in [5, 5.41) is 2.60. The number of aryl methyl sites for hydroxylation is 1. The van der Waals surface area contributed by atoms with Crippen LogP contribution in [0.2, 0.25) is 0 Å². The highest BCUT2D eigenvalue weighted by molar-refractivity contribution is 6.39. The number of methoxy groups -OCH3 is 2. The standard InChI is InChI=1S/C15H22N2O4/c1-12-5-4-6-13(11-12)16-14(18)15(19)17(7-9-20-2)8-10-21-3/h4-6,11H,7-10H2,1-3H3,(H,16,18). The van der Waals surface area contributed by atoms with Crippen LogP contribution in [0.3, 0.4) is 0 Å². The second kappa shape index (κ2) is 9.10. The van der Waals surface area contributed by atoms with E-state index in [0.717, 1.165) is 5.56 Å². The first-order valence-corrected chi connectivity index (χ1v) is 6.73. The number of anilines is 1.